The predicted octanol–water partition coefficient (Wildman–Crippen LogP) is 3.27. The Morgan fingerprint density at radius 3 is 2.81 bits per heavy atom. The minimum Gasteiger partial charge on any atom is -0.310 e. The number of carbonyl (C=O) groups excluding carboxylic acids is 1. The van der Waals surface area contributed by atoms with Crippen molar-refractivity contribution in [2.75, 3.05) is 13.1 Å². The number of ketones is 1. The van der Waals surface area contributed by atoms with Gasteiger partial charge < -0.3 is 5.32 Å². The number of carbonyl (C=O) groups is 1. The summed E-state index contributed by atoms with van der Waals surface area (Å²) in [5.74, 6) is 0.818. The summed E-state index contributed by atoms with van der Waals surface area (Å²) < 4.78 is 0.945. The molecule has 1 N–H and O–H groups in total. The molecule has 2 nitrogen and oxygen atoms in total. The lowest BCUT2D eigenvalue weighted by atomic mass is 10.1. The molecular formula is C13H18BrNO. The van der Waals surface area contributed by atoms with Gasteiger partial charge in [0.05, 0.1) is 6.54 Å². The van der Waals surface area contributed by atoms with Crippen molar-refractivity contribution in [3.63, 3.8) is 0 Å². The second kappa shape index (κ2) is 6.81. The van der Waals surface area contributed by atoms with Gasteiger partial charge in [-0.1, -0.05) is 41.9 Å². The second-order valence-corrected chi connectivity index (χ2v) is 5.21. The molecule has 0 saturated heterocycles. The molecule has 0 atom stereocenters. The quantitative estimate of drug-likeness (QED) is 0.641. The van der Waals surface area contributed by atoms with Gasteiger partial charge in [-0.2, -0.15) is 0 Å². The summed E-state index contributed by atoms with van der Waals surface area (Å²) in [5.41, 5.74) is 0.756. The number of Topliss-reactive ketones (excluding diaryl/α,β-unsaturated/α-hetero) is 1. The topological polar surface area (TPSA) is 29.1 Å². The summed E-state index contributed by atoms with van der Waals surface area (Å²) in [6.45, 7) is 5.68. The fraction of sp³-hybridized carbons (Fsp3) is 0.462. The molecule has 0 heterocycles. The van der Waals surface area contributed by atoms with Crippen molar-refractivity contribution in [2.45, 2.75) is 20.3 Å². The van der Waals surface area contributed by atoms with Gasteiger partial charge in [0.1, 0.15) is 0 Å². The third-order valence-corrected chi connectivity index (χ3v) is 2.82. The van der Waals surface area contributed by atoms with Crippen LogP contribution in [0.25, 0.3) is 0 Å². The summed E-state index contributed by atoms with van der Waals surface area (Å²) in [6.07, 6.45) is 1.10. The van der Waals surface area contributed by atoms with E-state index in [-0.39, 0.29) is 5.78 Å². The summed E-state index contributed by atoms with van der Waals surface area (Å²) >= 11 is 3.36. The van der Waals surface area contributed by atoms with Gasteiger partial charge >= 0.3 is 0 Å². The Morgan fingerprint density at radius 2 is 2.19 bits per heavy atom. The maximum Gasteiger partial charge on any atom is 0.176 e. The lowest BCUT2D eigenvalue weighted by Crippen LogP contribution is -2.24. The monoisotopic (exact) mass is 283 g/mol. The number of nitrogens with one attached hydrogen (secondary N) is 1. The van der Waals surface area contributed by atoms with Crippen molar-refractivity contribution in [1.82, 2.24) is 5.32 Å². The zero-order valence-electron chi connectivity index (χ0n) is 9.79. The highest BCUT2D eigenvalue weighted by Gasteiger charge is 2.05. The number of benzene rings is 1. The molecule has 0 aliphatic heterocycles. The van der Waals surface area contributed by atoms with Gasteiger partial charge in [0.2, 0.25) is 0 Å². The van der Waals surface area contributed by atoms with Crippen molar-refractivity contribution in [2.24, 2.45) is 5.92 Å². The zero-order valence-corrected chi connectivity index (χ0v) is 11.4. The third kappa shape index (κ3) is 4.90. The highest BCUT2D eigenvalue weighted by atomic mass is 79.9. The average Bonchev–Trinajstić information content (AvgIpc) is 2.24. The Bertz CT molecular complexity index is 350. The molecule has 0 spiro atoms. The molecule has 16 heavy (non-hydrogen) atoms. The van der Waals surface area contributed by atoms with Crippen LogP contribution in [0.1, 0.15) is 30.6 Å². The van der Waals surface area contributed by atoms with E-state index in [0.717, 1.165) is 23.0 Å². The molecular weight excluding hydrogens is 266 g/mol. The van der Waals surface area contributed by atoms with Gasteiger partial charge in [-0.25, -0.2) is 0 Å². The molecule has 0 fully saturated rings. The van der Waals surface area contributed by atoms with Crippen molar-refractivity contribution in [3.05, 3.63) is 34.3 Å². The molecule has 0 aliphatic rings. The van der Waals surface area contributed by atoms with Gasteiger partial charge in [0.15, 0.2) is 5.78 Å². The maximum atomic E-state index is 11.8. The first-order valence-electron chi connectivity index (χ1n) is 5.59. The minimum atomic E-state index is 0.144. The van der Waals surface area contributed by atoms with E-state index >= 15 is 0 Å². The first-order chi connectivity index (χ1) is 7.59. The van der Waals surface area contributed by atoms with Gasteiger partial charge in [-0.15, -0.1) is 0 Å². The molecule has 0 unspecified atom stereocenters. The minimum absolute atomic E-state index is 0.144. The lowest BCUT2D eigenvalue weighted by molar-refractivity contribution is 0.0991. The molecule has 3 heteroatoms. The summed E-state index contributed by atoms with van der Waals surface area (Å²) in [7, 11) is 0. The standard InChI is InChI=1S/C13H18BrNO/c1-10(2)6-7-15-9-13(16)11-4-3-5-12(14)8-11/h3-5,8,10,15H,6-7,9H2,1-2H3. The fourth-order valence-electron chi connectivity index (χ4n) is 1.36. The van der Waals surface area contributed by atoms with Crippen LogP contribution in [0.15, 0.2) is 28.7 Å². The van der Waals surface area contributed by atoms with Crippen LogP contribution in [-0.2, 0) is 0 Å². The highest BCUT2D eigenvalue weighted by molar-refractivity contribution is 9.10. The van der Waals surface area contributed by atoms with Crippen LogP contribution in [0.2, 0.25) is 0 Å². The first-order valence-corrected chi connectivity index (χ1v) is 6.38. The smallest absolute Gasteiger partial charge is 0.176 e. The summed E-state index contributed by atoms with van der Waals surface area (Å²) in [5, 5.41) is 3.17. The van der Waals surface area contributed by atoms with Crippen LogP contribution in [0.4, 0.5) is 0 Å². The Kier molecular flexibility index (Phi) is 5.71. The van der Waals surface area contributed by atoms with Gasteiger partial charge in [-0.3, -0.25) is 4.79 Å². The van der Waals surface area contributed by atoms with E-state index in [1.165, 1.54) is 0 Å². The second-order valence-electron chi connectivity index (χ2n) is 4.29. The van der Waals surface area contributed by atoms with Gasteiger partial charge in [0.25, 0.3) is 0 Å². The van der Waals surface area contributed by atoms with Gasteiger partial charge in [-0.05, 0) is 31.0 Å². The number of hydrogen-bond acceptors (Lipinski definition) is 2. The van der Waals surface area contributed by atoms with Crippen LogP contribution < -0.4 is 5.32 Å². The molecule has 1 aromatic carbocycles. The van der Waals surface area contributed by atoms with Crippen LogP contribution >= 0.6 is 15.9 Å². The number of hydrogen-bond donors (Lipinski definition) is 1. The van der Waals surface area contributed by atoms with E-state index in [9.17, 15) is 4.79 Å². The Morgan fingerprint density at radius 1 is 1.44 bits per heavy atom. The summed E-state index contributed by atoms with van der Waals surface area (Å²) in [4.78, 5) is 11.8. The lowest BCUT2D eigenvalue weighted by Gasteiger charge is -2.06. The van der Waals surface area contributed by atoms with Gasteiger partial charge in [0, 0.05) is 10.0 Å². The normalized spacial score (nSPS) is 10.8. The van der Waals surface area contributed by atoms with Crippen LogP contribution in [0.3, 0.4) is 0 Å². The van der Waals surface area contributed by atoms with E-state index < -0.39 is 0 Å². The maximum absolute atomic E-state index is 11.8. The van der Waals surface area contributed by atoms with Crippen molar-refractivity contribution in [1.29, 1.82) is 0 Å². The van der Waals surface area contributed by atoms with E-state index in [1.807, 2.05) is 24.3 Å². The number of halogens is 1. The molecule has 0 amide bonds. The van der Waals surface area contributed by atoms with Crippen LogP contribution in [0, 0.1) is 5.92 Å². The molecule has 0 aliphatic carbocycles. The summed E-state index contributed by atoms with van der Waals surface area (Å²) in [6, 6.07) is 7.50. The Labute approximate surface area is 106 Å². The van der Waals surface area contributed by atoms with Crippen molar-refractivity contribution >= 4 is 21.7 Å². The third-order valence-electron chi connectivity index (χ3n) is 2.33. The molecule has 1 aromatic rings. The Hall–Kier alpha value is -0.670. The first kappa shape index (κ1) is 13.4. The van der Waals surface area contributed by atoms with Crippen LogP contribution in [-0.4, -0.2) is 18.9 Å². The molecule has 0 radical (unpaired) electrons. The highest BCUT2D eigenvalue weighted by Crippen LogP contribution is 2.11. The predicted molar refractivity (Wildman–Crippen MR) is 70.8 cm³/mol. The van der Waals surface area contributed by atoms with E-state index in [4.69, 9.17) is 0 Å². The largest absolute Gasteiger partial charge is 0.310 e. The molecule has 0 saturated carbocycles. The molecule has 0 bridgehead atoms. The zero-order chi connectivity index (χ0) is 12.0. The van der Waals surface area contributed by atoms with E-state index in [1.54, 1.807) is 0 Å². The van der Waals surface area contributed by atoms with Crippen LogP contribution in [0.5, 0.6) is 0 Å². The Balaban J connectivity index is 2.35. The molecule has 0 aromatic heterocycles. The average molecular weight is 284 g/mol. The van der Waals surface area contributed by atoms with Crippen molar-refractivity contribution in [3.8, 4) is 0 Å². The van der Waals surface area contributed by atoms with E-state index in [2.05, 4.69) is 35.1 Å². The fourth-order valence-corrected chi connectivity index (χ4v) is 1.76. The number of rotatable bonds is 6. The SMILES string of the molecule is CC(C)CCNCC(=O)c1cccc(Br)c1. The molecule has 88 valence electrons. The van der Waals surface area contributed by atoms with Crippen molar-refractivity contribution < 1.29 is 4.79 Å². The molecule has 1 rings (SSSR count). The van der Waals surface area contributed by atoms with E-state index in [0.29, 0.717) is 12.5 Å².